The first-order valence-electron chi connectivity index (χ1n) is 7.99. The summed E-state index contributed by atoms with van der Waals surface area (Å²) in [7, 11) is 1.85. The molecule has 0 radical (unpaired) electrons. The van der Waals surface area contributed by atoms with Crippen LogP contribution in [0.2, 0.25) is 0 Å². The lowest BCUT2D eigenvalue weighted by atomic mass is 9.87. The molecule has 0 aliphatic heterocycles. The maximum atomic E-state index is 9.65. The SMILES string of the molecule is CNC(C#N)(CCOC1CCCCC1C)c1ccccc1. The fourth-order valence-corrected chi connectivity index (χ4v) is 3.21. The molecule has 0 bridgehead atoms. The van der Waals surface area contributed by atoms with Gasteiger partial charge in [-0.3, -0.25) is 5.32 Å². The first-order valence-corrected chi connectivity index (χ1v) is 7.99. The van der Waals surface area contributed by atoms with E-state index in [1.807, 2.05) is 37.4 Å². The molecule has 0 heterocycles. The average Bonchev–Trinajstić information content (AvgIpc) is 2.54. The van der Waals surface area contributed by atoms with Crippen molar-refractivity contribution in [2.45, 2.75) is 50.7 Å². The van der Waals surface area contributed by atoms with Crippen LogP contribution < -0.4 is 5.32 Å². The van der Waals surface area contributed by atoms with Crippen molar-refractivity contribution >= 4 is 0 Å². The molecule has 1 N–H and O–H groups in total. The summed E-state index contributed by atoms with van der Waals surface area (Å²) in [5.74, 6) is 0.640. The lowest BCUT2D eigenvalue weighted by Gasteiger charge is -2.31. The lowest BCUT2D eigenvalue weighted by molar-refractivity contribution is -0.0114. The van der Waals surface area contributed by atoms with Gasteiger partial charge in [-0.25, -0.2) is 0 Å². The topological polar surface area (TPSA) is 45.0 Å². The van der Waals surface area contributed by atoms with E-state index in [2.05, 4.69) is 18.3 Å². The molecule has 3 nitrogen and oxygen atoms in total. The Bertz CT molecular complexity index is 468. The van der Waals surface area contributed by atoms with Gasteiger partial charge in [-0.1, -0.05) is 50.1 Å². The minimum Gasteiger partial charge on any atom is -0.378 e. The standard InChI is InChI=1S/C18H26N2O/c1-15-8-6-7-11-17(15)21-13-12-18(14-19,20-2)16-9-4-3-5-10-16/h3-5,9-10,15,17,20H,6-8,11-13H2,1-2H3. The molecular weight excluding hydrogens is 260 g/mol. The first kappa shape index (κ1) is 16.0. The Balaban J connectivity index is 1.96. The van der Waals surface area contributed by atoms with E-state index in [-0.39, 0.29) is 0 Å². The van der Waals surface area contributed by atoms with E-state index in [0.29, 0.717) is 25.0 Å². The third-order valence-corrected chi connectivity index (χ3v) is 4.73. The predicted molar refractivity (Wildman–Crippen MR) is 84.8 cm³/mol. The van der Waals surface area contributed by atoms with Crippen molar-refractivity contribution in [3.8, 4) is 6.07 Å². The molecule has 1 aliphatic carbocycles. The second-order valence-electron chi connectivity index (χ2n) is 6.05. The van der Waals surface area contributed by atoms with Crippen molar-refractivity contribution in [3.63, 3.8) is 0 Å². The number of rotatable bonds is 6. The van der Waals surface area contributed by atoms with Crippen LogP contribution >= 0.6 is 0 Å². The van der Waals surface area contributed by atoms with Gasteiger partial charge in [0.2, 0.25) is 0 Å². The fraction of sp³-hybridized carbons (Fsp3) is 0.611. The van der Waals surface area contributed by atoms with E-state index < -0.39 is 5.54 Å². The van der Waals surface area contributed by atoms with Gasteiger partial charge in [0.25, 0.3) is 0 Å². The third-order valence-electron chi connectivity index (χ3n) is 4.73. The molecule has 1 aliphatic rings. The second kappa shape index (κ2) is 7.59. The minimum absolute atomic E-state index is 0.364. The maximum Gasteiger partial charge on any atom is 0.134 e. The molecule has 0 amide bonds. The Kier molecular flexibility index (Phi) is 5.78. The molecule has 0 saturated heterocycles. The van der Waals surface area contributed by atoms with Crippen LogP contribution in [0.5, 0.6) is 0 Å². The van der Waals surface area contributed by atoms with Gasteiger partial charge in [0.05, 0.1) is 18.8 Å². The Hall–Kier alpha value is -1.37. The van der Waals surface area contributed by atoms with Crippen LogP contribution in [0.15, 0.2) is 30.3 Å². The summed E-state index contributed by atoms with van der Waals surface area (Å²) < 4.78 is 6.08. The first-order chi connectivity index (χ1) is 10.2. The molecule has 1 saturated carbocycles. The van der Waals surface area contributed by atoms with Crippen LogP contribution in [0.4, 0.5) is 0 Å². The number of nitrogens with zero attached hydrogens (tertiary/aromatic N) is 1. The Morgan fingerprint density at radius 1 is 1.29 bits per heavy atom. The molecule has 21 heavy (non-hydrogen) atoms. The number of nitriles is 1. The molecule has 1 aromatic carbocycles. The molecule has 3 atom stereocenters. The zero-order valence-electron chi connectivity index (χ0n) is 13.1. The van der Waals surface area contributed by atoms with E-state index in [0.717, 1.165) is 12.0 Å². The monoisotopic (exact) mass is 286 g/mol. The van der Waals surface area contributed by atoms with E-state index in [4.69, 9.17) is 4.74 Å². The van der Waals surface area contributed by atoms with Gasteiger partial charge in [-0.2, -0.15) is 5.26 Å². The molecule has 2 rings (SSSR count). The van der Waals surface area contributed by atoms with Crippen molar-refractivity contribution in [2.75, 3.05) is 13.7 Å². The van der Waals surface area contributed by atoms with Gasteiger partial charge in [0, 0.05) is 6.42 Å². The van der Waals surface area contributed by atoms with Gasteiger partial charge in [0.1, 0.15) is 5.54 Å². The van der Waals surface area contributed by atoms with Gasteiger partial charge in [-0.05, 0) is 31.4 Å². The van der Waals surface area contributed by atoms with E-state index >= 15 is 0 Å². The largest absolute Gasteiger partial charge is 0.378 e. The number of benzene rings is 1. The highest BCUT2D eigenvalue weighted by Crippen LogP contribution is 2.28. The van der Waals surface area contributed by atoms with Crippen molar-refractivity contribution in [2.24, 2.45) is 5.92 Å². The van der Waals surface area contributed by atoms with Gasteiger partial charge < -0.3 is 4.74 Å². The molecule has 3 unspecified atom stereocenters. The van der Waals surface area contributed by atoms with Gasteiger partial charge in [-0.15, -0.1) is 0 Å². The zero-order chi connectivity index (χ0) is 15.1. The summed E-state index contributed by atoms with van der Waals surface area (Å²) in [5, 5.41) is 12.8. The smallest absolute Gasteiger partial charge is 0.134 e. The van der Waals surface area contributed by atoms with Crippen LogP contribution in [0.1, 0.15) is 44.6 Å². The molecule has 0 spiro atoms. The van der Waals surface area contributed by atoms with Crippen LogP contribution in [0.25, 0.3) is 0 Å². The van der Waals surface area contributed by atoms with Crippen LogP contribution in [0.3, 0.4) is 0 Å². The van der Waals surface area contributed by atoms with Gasteiger partial charge in [0.15, 0.2) is 0 Å². The summed E-state index contributed by atoms with van der Waals surface area (Å²) in [4.78, 5) is 0. The van der Waals surface area contributed by atoms with Crippen LogP contribution in [-0.2, 0) is 10.3 Å². The van der Waals surface area contributed by atoms with Crippen molar-refractivity contribution in [1.29, 1.82) is 5.26 Å². The summed E-state index contributed by atoms with van der Waals surface area (Å²) in [6.07, 6.45) is 6.05. The van der Waals surface area contributed by atoms with E-state index in [1.54, 1.807) is 0 Å². The maximum absolute atomic E-state index is 9.65. The molecule has 0 aromatic heterocycles. The van der Waals surface area contributed by atoms with E-state index in [1.165, 1.54) is 19.3 Å². The molecule has 1 fully saturated rings. The summed E-state index contributed by atoms with van der Waals surface area (Å²) >= 11 is 0. The summed E-state index contributed by atoms with van der Waals surface area (Å²) in [6, 6.07) is 12.4. The van der Waals surface area contributed by atoms with Crippen LogP contribution in [-0.4, -0.2) is 19.8 Å². The summed E-state index contributed by atoms with van der Waals surface area (Å²) in [5.41, 5.74) is 0.356. The predicted octanol–water partition coefficient (Wildman–Crippen LogP) is 3.61. The lowest BCUT2D eigenvalue weighted by Crippen LogP contribution is -2.40. The second-order valence-corrected chi connectivity index (χ2v) is 6.05. The van der Waals surface area contributed by atoms with Crippen molar-refractivity contribution in [1.82, 2.24) is 5.32 Å². The third kappa shape index (κ3) is 3.84. The number of hydrogen-bond acceptors (Lipinski definition) is 3. The molecular formula is C18H26N2O. The zero-order valence-corrected chi connectivity index (χ0v) is 13.1. The fourth-order valence-electron chi connectivity index (χ4n) is 3.21. The molecule has 3 heteroatoms. The normalized spacial score (nSPS) is 25.0. The van der Waals surface area contributed by atoms with E-state index in [9.17, 15) is 5.26 Å². The highest BCUT2D eigenvalue weighted by atomic mass is 16.5. The number of ether oxygens (including phenoxy) is 1. The highest BCUT2D eigenvalue weighted by molar-refractivity contribution is 5.31. The Labute approximate surface area is 128 Å². The highest BCUT2D eigenvalue weighted by Gasteiger charge is 2.31. The van der Waals surface area contributed by atoms with Crippen molar-refractivity contribution < 1.29 is 4.74 Å². The number of nitrogens with one attached hydrogen (secondary N) is 1. The van der Waals surface area contributed by atoms with Gasteiger partial charge >= 0.3 is 0 Å². The number of hydrogen-bond donors (Lipinski definition) is 1. The minimum atomic E-state index is -0.654. The molecule has 114 valence electrons. The average molecular weight is 286 g/mol. The van der Waals surface area contributed by atoms with Crippen molar-refractivity contribution in [3.05, 3.63) is 35.9 Å². The quantitative estimate of drug-likeness (QED) is 0.869. The summed E-state index contributed by atoms with van der Waals surface area (Å²) in [6.45, 7) is 2.90. The van der Waals surface area contributed by atoms with Crippen LogP contribution in [0, 0.1) is 17.2 Å². The Morgan fingerprint density at radius 3 is 2.62 bits per heavy atom. The molecule has 1 aromatic rings. The Morgan fingerprint density at radius 2 is 2.00 bits per heavy atom.